The van der Waals surface area contributed by atoms with Crippen molar-refractivity contribution >= 4 is 75.3 Å². The van der Waals surface area contributed by atoms with Crippen molar-refractivity contribution in [1.82, 2.24) is 4.57 Å². The molecular weight excluding hydrogens is 520 g/mol. The van der Waals surface area contributed by atoms with Crippen LogP contribution in [-0.4, -0.2) is 4.57 Å². The summed E-state index contributed by atoms with van der Waals surface area (Å²) >= 11 is 1.84. The van der Waals surface area contributed by atoms with Crippen molar-refractivity contribution in [2.75, 3.05) is 0 Å². The van der Waals surface area contributed by atoms with Gasteiger partial charge in [0.2, 0.25) is 0 Å². The number of nitrogens with zero attached hydrogens (tertiary/aromatic N) is 2. The molecule has 6 aromatic carbocycles. The topological polar surface area (TPSA) is 41.9 Å². The number of aromatic nitrogens is 1. The smallest absolute Gasteiger partial charge is 0.159 e. The lowest BCUT2D eigenvalue weighted by molar-refractivity contribution is 0.666. The molecule has 0 bridgehead atoms. The Labute approximate surface area is 238 Å². The van der Waals surface area contributed by atoms with Crippen LogP contribution >= 0.6 is 11.3 Å². The molecule has 0 atom stereocenters. The fourth-order valence-electron chi connectivity index (χ4n) is 6.45. The first-order valence-electron chi connectivity index (χ1n) is 13.6. The lowest BCUT2D eigenvalue weighted by atomic mass is 9.98. The molecule has 190 valence electrons. The van der Waals surface area contributed by atoms with Gasteiger partial charge in [0.15, 0.2) is 5.58 Å². The molecule has 3 nitrogen and oxygen atoms in total. The number of fused-ring (bicyclic) bond motifs is 9. The average molecular weight is 541 g/mol. The van der Waals surface area contributed by atoms with Gasteiger partial charge in [0.05, 0.1) is 28.4 Å². The molecule has 0 unspecified atom stereocenters. The first-order valence-corrected chi connectivity index (χ1v) is 14.4. The van der Waals surface area contributed by atoms with Gasteiger partial charge in [-0.3, -0.25) is 0 Å². The van der Waals surface area contributed by atoms with Gasteiger partial charge in [-0.25, -0.2) is 0 Å². The van der Waals surface area contributed by atoms with E-state index in [0.717, 1.165) is 55.0 Å². The highest BCUT2D eigenvalue weighted by atomic mass is 32.1. The van der Waals surface area contributed by atoms with E-state index >= 15 is 0 Å². The summed E-state index contributed by atoms with van der Waals surface area (Å²) in [6, 6.07) is 44.7. The summed E-state index contributed by atoms with van der Waals surface area (Å²) in [7, 11) is 0. The quantitative estimate of drug-likeness (QED) is 0.219. The maximum atomic E-state index is 9.56. The molecule has 0 saturated heterocycles. The summed E-state index contributed by atoms with van der Waals surface area (Å²) in [6.07, 6.45) is 0. The Bertz CT molecular complexity index is 2560. The summed E-state index contributed by atoms with van der Waals surface area (Å²) in [5.41, 5.74) is 7.84. The van der Waals surface area contributed by atoms with Gasteiger partial charge in [0.25, 0.3) is 0 Å². The minimum Gasteiger partial charge on any atom is -0.454 e. The zero-order valence-electron chi connectivity index (χ0n) is 21.8. The number of thiophene rings is 1. The zero-order chi connectivity index (χ0) is 27.1. The van der Waals surface area contributed by atoms with Crippen molar-refractivity contribution in [3.8, 4) is 22.9 Å². The molecule has 3 aromatic heterocycles. The number of furan rings is 1. The van der Waals surface area contributed by atoms with E-state index in [0.29, 0.717) is 5.56 Å². The maximum absolute atomic E-state index is 9.56. The van der Waals surface area contributed by atoms with Crippen LogP contribution < -0.4 is 0 Å². The van der Waals surface area contributed by atoms with Crippen LogP contribution in [0.25, 0.3) is 80.7 Å². The van der Waals surface area contributed by atoms with Gasteiger partial charge in [-0.05, 0) is 65.7 Å². The Morgan fingerprint density at radius 1 is 0.610 bits per heavy atom. The minimum absolute atomic E-state index is 0.655. The second-order valence-electron chi connectivity index (χ2n) is 10.4. The number of nitriles is 1. The lowest BCUT2D eigenvalue weighted by Crippen LogP contribution is -1.94. The average Bonchev–Trinajstić information content (AvgIpc) is 3.70. The van der Waals surface area contributed by atoms with E-state index in [9.17, 15) is 5.26 Å². The molecule has 0 spiro atoms. The minimum atomic E-state index is 0.655. The molecule has 0 N–H and O–H groups in total. The first kappa shape index (κ1) is 22.4. The van der Waals surface area contributed by atoms with Gasteiger partial charge in [0, 0.05) is 41.7 Å². The third kappa shape index (κ3) is 3.12. The van der Waals surface area contributed by atoms with Crippen molar-refractivity contribution in [2.45, 2.75) is 0 Å². The highest BCUT2D eigenvalue weighted by Gasteiger charge is 2.19. The van der Waals surface area contributed by atoms with Crippen molar-refractivity contribution in [2.24, 2.45) is 0 Å². The van der Waals surface area contributed by atoms with Crippen LogP contribution in [0.2, 0.25) is 0 Å². The number of hydrogen-bond acceptors (Lipinski definition) is 3. The standard InChI is InChI=1S/C37H20N2OS/c38-21-22-15-17-31-28(19-22)25-7-1-3-11-30(25)39(31)32-12-5-10-27-36-24(9-6-13-33(36)40-37(27)32)23-16-18-35-29(20-23)26-8-2-4-14-34(26)41-35/h1-20H. The van der Waals surface area contributed by atoms with Crippen LogP contribution in [0.3, 0.4) is 0 Å². The highest BCUT2D eigenvalue weighted by Crippen LogP contribution is 2.43. The van der Waals surface area contributed by atoms with Gasteiger partial charge in [-0.15, -0.1) is 11.3 Å². The summed E-state index contributed by atoms with van der Waals surface area (Å²) in [6.45, 7) is 0. The van der Waals surface area contributed by atoms with E-state index in [1.54, 1.807) is 0 Å². The number of hydrogen-bond donors (Lipinski definition) is 0. The first-order chi connectivity index (χ1) is 20.3. The fraction of sp³-hybridized carbons (Fsp3) is 0. The Hall–Kier alpha value is -5.37. The van der Waals surface area contributed by atoms with Gasteiger partial charge >= 0.3 is 0 Å². The normalized spacial score (nSPS) is 11.9. The van der Waals surface area contributed by atoms with E-state index in [4.69, 9.17) is 4.42 Å². The molecule has 0 amide bonds. The van der Waals surface area contributed by atoms with Crippen LogP contribution in [0.5, 0.6) is 0 Å². The van der Waals surface area contributed by atoms with Crippen molar-refractivity contribution in [3.05, 3.63) is 127 Å². The van der Waals surface area contributed by atoms with E-state index < -0.39 is 0 Å². The van der Waals surface area contributed by atoms with Crippen LogP contribution in [0, 0.1) is 11.3 Å². The van der Waals surface area contributed by atoms with Gasteiger partial charge in [-0.1, -0.05) is 66.7 Å². The molecule has 0 fully saturated rings. The molecule has 0 radical (unpaired) electrons. The molecular formula is C37H20N2OS. The SMILES string of the molecule is N#Cc1ccc2c(c1)c1ccccc1n2-c1cccc2c1oc1cccc(-c3ccc4sc5ccccc5c4c3)c12. The molecule has 9 rings (SSSR count). The summed E-state index contributed by atoms with van der Waals surface area (Å²) in [4.78, 5) is 0. The molecule has 3 heterocycles. The second-order valence-corrected chi connectivity index (χ2v) is 11.5. The van der Waals surface area contributed by atoms with E-state index in [1.807, 2.05) is 35.6 Å². The fourth-order valence-corrected chi connectivity index (χ4v) is 7.53. The maximum Gasteiger partial charge on any atom is 0.159 e. The predicted molar refractivity (Wildman–Crippen MR) is 171 cm³/mol. The zero-order valence-corrected chi connectivity index (χ0v) is 22.6. The largest absolute Gasteiger partial charge is 0.454 e. The number of benzene rings is 6. The molecule has 0 aliphatic carbocycles. The third-order valence-corrected chi connectivity index (χ3v) is 9.38. The Kier molecular flexibility index (Phi) is 4.55. The number of para-hydroxylation sites is 2. The van der Waals surface area contributed by atoms with Gasteiger partial charge in [-0.2, -0.15) is 5.26 Å². The van der Waals surface area contributed by atoms with Crippen LogP contribution in [0.4, 0.5) is 0 Å². The predicted octanol–water partition coefficient (Wildman–Crippen LogP) is 10.6. The monoisotopic (exact) mass is 540 g/mol. The summed E-state index contributed by atoms with van der Waals surface area (Å²) < 4.78 is 11.6. The number of rotatable bonds is 2. The highest BCUT2D eigenvalue weighted by molar-refractivity contribution is 7.25. The Morgan fingerprint density at radius 2 is 1.39 bits per heavy atom. The van der Waals surface area contributed by atoms with E-state index in [1.165, 1.54) is 25.7 Å². The van der Waals surface area contributed by atoms with Crippen LogP contribution in [-0.2, 0) is 0 Å². The third-order valence-electron chi connectivity index (χ3n) is 8.23. The van der Waals surface area contributed by atoms with Crippen molar-refractivity contribution in [3.63, 3.8) is 0 Å². The molecule has 41 heavy (non-hydrogen) atoms. The van der Waals surface area contributed by atoms with Crippen molar-refractivity contribution < 1.29 is 4.42 Å². The Morgan fingerprint density at radius 3 is 2.32 bits per heavy atom. The van der Waals surface area contributed by atoms with Crippen molar-refractivity contribution in [1.29, 1.82) is 5.26 Å². The summed E-state index contributed by atoms with van der Waals surface area (Å²) in [5, 5.41) is 16.5. The molecule has 4 heteroatoms. The second kappa shape index (κ2) is 8.32. The molecule has 0 aliphatic rings. The summed E-state index contributed by atoms with van der Waals surface area (Å²) in [5.74, 6) is 0. The molecule has 0 aliphatic heterocycles. The Balaban J connectivity index is 1.34. The lowest BCUT2D eigenvalue weighted by Gasteiger charge is -2.09. The van der Waals surface area contributed by atoms with Gasteiger partial charge < -0.3 is 8.98 Å². The molecule has 0 saturated carbocycles. The van der Waals surface area contributed by atoms with E-state index in [-0.39, 0.29) is 0 Å². The van der Waals surface area contributed by atoms with Crippen LogP contribution in [0.15, 0.2) is 126 Å². The molecule has 9 aromatic rings. The van der Waals surface area contributed by atoms with Gasteiger partial charge in [0.1, 0.15) is 5.58 Å². The van der Waals surface area contributed by atoms with E-state index in [2.05, 4.69) is 108 Å². The van der Waals surface area contributed by atoms with Crippen LogP contribution in [0.1, 0.15) is 5.56 Å².